The summed E-state index contributed by atoms with van der Waals surface area (Å²) in [6.07, 6.45) is 0. The second kappa shape index (κ2) is 5.68. The number of halogens is 1. The van der Waals surface area contributed by atoms with Crippen LogP contribution in [0.1, 0.15) is 43.7 Å². The summed E-state index contributed by atoms with van der Waals surface area (Å²) < 4.78 is 1.14. The molecular formula is C18H19IO. The van der Waals surface area contributed by atoms with Crippen molar-refractivity contribution >= 4 is 28.4 Å². The minimum Gasteiger partial charge on any atom is -0.289 e. The van der Waals surface area contributed by atoms with Gasteiger partial charge < -0.3 is 0 Å². The fraction of sp³-hybridized carbons (Fsp3) is 0.278. The maximum atomic E-state index is 12.8. The Morgan fingerprint density at radius 3 is 1.60 bits per heavy atom. The van der Waals surface area contributed by atoms with Crippen molar-refractivity contribution in [2.24, 2.45) is 0 Å². The second-order valence-corrected chi connectivity index (χ2v) is 6.58. The lowest BCUT2D eigenvalue weighted by molar-refractivity contribution is 0.103. The highest BCUT2D eigenvalue weighted by atomic mass is 127. The van der Waals surface area contributed by atoms with Gasteiger partial charge >= 0.3 is 0 Å². The Morgan fingerprint density at radius 2 is 1.15 bits per heavy atom. The van der Waals surface area contributed by atoms with E-state index in [1.165, 1.54) is 16.7 Å². The molecule has 0 N–H and O–H groups in total. The number of carbonyl (C=O) groups is 1. The molecule has 2 rings (SSSR count). The van der Waals surface area contributed by atoms with Crippen molar-refractivity contribution in [3.8, 4) is 0 Å². The van der Waals surface area contributed by atoms with Gasteiger partial charge in [0.05, 0.1) is 0 Å². The van der Waals surface area contributed by atoms with Crippen LogP contribution in [-0.2, 0) is 0 Å². The highest BCUT2D eigenvalue weighted by Crippen LogP contribution is 2.28. The lowest BCUT2D eigenvalue weighted by Gasteiger charge is -2.18. The summed E-state index contributed by atoms with van der Waals surface area (Å²) >= 11 is 2.25. The van der Waals surface area contributed by atoms with E-state index >= 15 is 0 Å². The number of carbonyl (C=O) groups excluding carboxylic acids is 1. The quantitative estimate of drug-likeness (QED) is 0.527. The fourth-order valence-corrected chi connectivity index (χ4v) is 2.95. The topological polar surface area (TPSA) is 17.1 Å². The van der Waals surface area contributed by atoms with Crippen molar-refractivity contribution in [3.05, 3.63) is 66.8 Å². The van der Waals surface area contributed by atoms with Crippen molar-refractivity contribution in [3.63, 3.8) is 0 Å². The fourth-order valence-electron chi connectivity index (χ4n) is 2.59. The zero-order valence-corrected chi connectivity index (χ0v) is 14.8. The Balaban J connectivity index is 2.64. The van der Waals surface area contributed by atoms with E-state index in [0.717, 1.165) is 25.8 Å². The minimum absolute atomic E-state index is 0.127. The summed E-state index contributed by atoms with van der Waals surface area (Å²) in [7, 11) is 0. The van der Waals surface area contributed by atoms with Crippen molar-refractivity contribution in [2.75, 3.05) is 0 Å². The first-order chi connectivity index (χ1) is 9.34. The van der Waals surface area contributed by atoms with Crippen LogP contribution < -0.4 is 0 Å². The molecule has 0 spiro atoms. The van der Waals surface area contributed by atoms with Crippen LogP contribution in [-0.4, -0.2) is 5.78 Å². The molecule has 0 saturated heterocycles. The average Bonchev–Trinajstić information content (AvgIpc) is 2.44. The van der Waals surface area contributed by atoms with E-state index in [2.05, 4.69) is 57.2 Å². The number of ketones is 1. The SMILES string of the molecule is Cc1c(C)c(C)c(C(=O)c2ccc(I)cc2)c(C)c1C. The van der Waals surface area contributed by atoms with Crippen LogP contribution in [0.4, 0.5) is 0 Å². The maximum absolute atomic E-state index is 12.8. The summed E-state index contributed by atoms with van der Waals surface area (Å²) in [5.74, 6) is 0.127. The van der Waals surface area contributed by atoms with Gasteiger partial charge in [-0.2, -0.15) is 0 Å². The van der Waals surface area contributed by atoms with E-state index < -0.39 is 0 Å². The molecule has 1 nitrogen and oxygen atoms in total. The van der Waals surface area contributed by atoms with Crippen LogP contribution in [0.5, 0.6) is 0 Å². The molecule has 0 amide bonds. The highest BCUT2D eigenvalue weighted by molar-refractivity contribution is 14.1. The molecule has 2 heteroatoms. The van der Waals surface area contributed by atoms with E-state index in [1.54, 1.807) is 0 Å². The third-order valence-corrected chi connectivity index (χ3v) is 5.05. The largest absolute Gasteiger partial charge is 0.289 e. The zero-order valence-electron chi connectivity index (χ0n) is 12.6. The van der Waals surface area contributed by atoms with Crippen LogP contribution in [0.2, 0.25) is 0 Å². The molecule has 0 radical (unpaired) electrons. The van der Waals surface area contributed by atoms with Gasteiger partial charge in [0.1, 0.15) is 0 Å². The standard InChI is InChI=1S/C18H19IO/c1-10-11(2)13(4)17(14(5)12(10)3)18(20)15-6-8-16(19)9-7-15/h6-9H,1-5H3. The Labute approximate surface area is 134 Å². The van der Waals surface area contributed by atoms with E-state index in [1.807, 2.05) is 24.3 Å². The van der Waals surface area contributed by atoms with E-state index in [9.17, 15) is 4.79 Å². The van der Waals surface area contributed by atoms with Gasteiger partial charge in [0.2, 0.25) is 0 Å². The Morgan fingerprint density at radius 1 is 0.750 bits per heavy atom. The van der Waals surface area contributed by atoms with Gasteiger partial charge in [0.25, 0.3) is 0 Å². The third kappa shape index (κ3) is 2.53. The molecular weight excluding hydrogens is 359 g/mol. The van der Waals surface area contributed by atoms with Crippen LogP contribution in [0, 0.1) is 38.2 Å². The molecule has 0 aliphatic carbocycles. The van der Waals surface area contributed by atoms with E-state index in [-0.39, 0.29) is 5.78 Å². The zero-order chi connectivity index (χ0) is 15.0. The normalized spacial score (nSPS) is 10.7. The smallest absolute Gasteiger partial charge is 0.193 e. The number of benzene rings is 2. The first-order valence-electron chi connectivity index (χ1n) is 6.71. The summed E-state index contributed by atoms with van der Waals surface area (Å²) in [5, 5.41) is 0. The molecule has 0 unspecified atom stereocenters. The Kier molecular flexibility index (Phi) is 4.33. The van der Waals surface area contributed by atoms with E-state index in [4.69, 9.17) is 0 Å². The Hall–Kier alpha value is -1.16. The van der Waals surface area contributed by atoms with Crippen LogP contribution >= 0.6 is 22.6 Å². The van der Waals surface area contributed by atoms with Crippen LogP contribution in [0.15, 0.2) is 24.3 Å². The van der Waals surface area contributed by atoms with Gasteiger partial charge in [-0.3, -0.25) is 4.79 Å². The predicted molar refractivity (Wildman–Crippen MR) is 92.7 cm³/mol. The van der Waals surface area contributed by atoms with Crippen LogP contribution in [0.25, 0.3) is 0 Å². The average molecular weight is 378 g/mol. The van der Waals surface area contributed by atoms with Gasteiger partial charge in [-0.1, -0.05) is 0 Å². The number of hydrogen-bond acceptors (Lipinski definition) is 1. The molecule has 0 aliphatic heterocycles. The molecule has 20 heavy (non-hydrogen) atoms. The Bertz CT molecular complexity index is 653. The molecule has 2 aromatic rings. The van der Waals surface area contributed by atoms with Crippen molar-refractivity contribution < 1.29 is 4.79 Å². The molecule has 0 bridgehead atoms. The molecule has 0 atom stereocenters. The van der Waals surface area contributed by atoms with Gasteiger partial charge in [0.15, 0.2) is 5.78 Å². The first-order valence-corrected chi connectivity index (χ1v) is 7.79. The van der Waals surface area contributed by atoms with Gasteiger partial charge in [-0.05, 0) is 109 Å². The summed E-state index contributed by atoms with van der Waals surface area (Å²) in [5.41, 5.74) is 7.58. The molecule has 104 valence electrons. The summed E-state index contributed by atoms with van der Waals surface area (Å²) in [4.78, 5) is 12.8. The molecule has 0 saturated carbocycles. The van der Waals surface area contributed by atoms with Gasteiger partial charge in [-0.25, -0.2) is 0 Å². The minimum atomic E-state index is 0.127. The van der Waals surface area contributed by atoms with Crippen molar-refractivity contribution in [1.29, 1.82) is 0 Å². The first kappa shape index (κ1) is 15.2. The lowest BCUT2D eigenvalue weighted by Crippen LogP contribution is -2.10. The highest BCUT2D eigenvalue weighted by Gasteiger charge is 2.19. The van der Waals surface area contributed by atoms with E-state index in [0.29, 0.717) is 0 Å². The number of hydrogen-bond donors (Lipinski definition) is 0. The summed E-state index contributed by atoms with van der Waals surface area (Å²) in [6.45, 7) is 10.4. The molecule has 0 aliphatic rings. The summed E-state index contributed by atoms with van der Waals surface area (Å²) in [6, 6.07) is 7.78. The third-order valence-electron chi connectivity index (χ3n) is 4.33. The lowest BCUT2D eigenvalue weighted by atomic mass is 9.86. The van der Waals surface area contributed by atoms with Gasteiger partial charge in [-0.15, -0.1) is 0 Å². The predicted octanol–water partition coefficient (Wildman–Crippen LogP) is 5.06. The van der Waals surface area contributed by atoms with Crippen LogP contribution in [0.3, 0.4) is 0 Å². The maximum Gasteiger partial charge on any atom is 0.193 e. The molecule has 2 aromatic carbocycles. The molecule has 0 heterocycles. The monoisotopic (exact) mass is 378 g/mol. The van der Waals surface area contributed by atoms with Crippen molar-refractivity contribution in [2.45, 2.75) is 34.6 Å². The van der Waals surface area contributed by atoms with Gasteiger partial charge in [0, 0.05) is 14.7 Å². The van der Waals surface area contributed by atoms with Crippen molar-refractivity contribution in [1.82, 2.24) is 0 Å². The molecule has 0 aromatic heterocycles. The molecule has 0 fully saturated rings. The number of rotatable bonds is 2. The second-order valence-electron chi connectivity index (χ2n) is 5.34.